The summed E-state index contributed by atoms with van der Waals surface area (Å²) in [6.45, 7) is 3.66. The molecule has 19 heavy (non-hydrogen) atoms. The molecule has 104 valence electrons. The second kappa shape index (κ2) is 5.77. The van der Waals surface area contributed by atoms with Crippen LogP contribution in [0.15, 0.2) is 16.7 Å². The molecule has 0 radical (unpaired) electrons. The van der Waals surface area contributed by atoms with Gasteiger partial charge in [0.25, 0.3) is 5.91 Å². The summed E-state index contributed by atoms with van der Waals surface area (Å²) in [5.41, 5.74) is 0.625. The lowest BCUT2D eigenvalue weighted by Gasteiger charge is -2.17. The summed E-state index contributed by atoms with van der Waals surface area (Å²) < 4.78 is 2.79. The van der Waals surface area contributed by atoms with E-state index in [-0.39, 0.29) is 5.91 Å². The van der Waals surface area contributed by atoms with Gasteiger partial charge in [0, 0.05) is 30.3 Å². The molecule has 0 saturated carbocycles. The van der Waals surface area contributed by atoms with Crippen molar-refractivity contribution in [2.45, 2.75) is 26.3 Å². The van der Waals surface area contributed by atoms with Gasteiger partial charge in [-0.25, -0.2) is 0 Å². The zero-order valence-corrected chi connectivity index (χ0v) is 12.4. The van der Waals surface area contributed by atoms with E-state index < -0.39 is 11.9 Å². The third-order valence-electron chi connectivity index (χ3n) is 3.37. The molecule has 1 aromatic heterocycles. The molecule has 1 N–H and O–H groups in total. The van der Waals surface area contributed by atoms with Crippen LogP contribution in [-0.4, -0.2) is 39.5 Å². The van der Waals surface area contributed by atoms with Crippen molar-refractivity contribution < 1.29 is 14.7 Å². The second-order valence-electron chi connectivity index (χ2n) is 4.81. The highest BCUT2D eigenvalue weighted by Crippen LogP contribution is 2.22. The lowest BCUT2D eigenvalue weighted by atomic mass is 10.1. The molecule has 1 saturated heterocycles. The third-order valence-corrected chi connectivity index (χ3v) is 3.81. The molecule has 0 aromatic carbocycles. The molecular formula is C13H17BrN2O3. The van der Waals surface area contributed by atoms with Crippen LogP contribution in [0, 0.1) is 5.92 Å². The largest absolute Gasteiger partial charge is 0.481 e. The maximum Gasteiger partial charge on any atom is 0.308 e. The first-order valence-electron chi connectivity index (χ1n) is 6.40. The van der Waals surface area contributed by atoms with Gasteiger partial charge >= 0.3 is 5.97 Å². The van der Waals surface area contributed by atoms with Gasteiger partial charge < -0.3 is 14.6 Å². The van der Waals surface area contributed by atoms with Gasteiger partial charge in [-0.2, -0.15) is 0 Å². The molecule has 1 unspecified atom stereocenters. The lowest BCUT2D eigenvalue weighted by molar-refractivity contribution is -0.141. The van der Waals surface area contributed by atoms with E-state index in [4.69, 9.17) is 5.11 Å². The summed E-state index contributed by atoms with van der Waals surface area (Å²) in [5, 5.41) is 8.98. The lowest BCUT2D eigenvalue weighted by Crippen LogP contribution is -2.31. The Balaban J connectivity index is 2.14. The number of halogens is 1. The first-order chi connectivity index (χ1) is 9.02. The topological polar surface area (TPSA) is 62.5 Å². The fraction of sp³-hybridized carbons (Fsp3) is 0.538. The monoisotopic (exact) mass is 328 g/mol. The highest BCUT2D eigenvalue weighted by atomic mass is 79.9. The zero-order chi connectivity index (χ0) is 14.0. The molecule has 1 fully saturated rings. The van der Waals surface area contributed by atoms with Crippen LogP contribution < -0.4 is 0 Å². The van der Waals surface area contributed by atoms with Crippen molar-refractivity contribution in [3.63, 3.8) is 0 Å². The minimum absolute atomic E-state index is 0.0806. The van der Waals surface area contributed by atoms with E-state index in [0.29, 0.717) is 25.2 Å². The maximum atomic E-state index is 12.4. The Hall–Kier alpha value is -1.30. The minimum atomic E-state index is -0.819. The molecule has 5 nitrogen and oxygen atoms in total. The SMILES string of the molecule is CCCn1cc(Br)cc1C(=O)N1CCC(C(=O)O)C1. The minimum Gasteiger partial charge on any atom is -0.481 e. The first-order valence-corrected chi connectivity index (χ1v) is 7.20. The number of hydrogen-bond donors (Lipinski definition) is 1. The molecular weight excluding hydrogens is 312 g/mol. The van der Waals surface area contributed by atoms with E-state index in [0.717, 1.165) is 17.4 Å². The van der Waals surface area contributed by atoms with E-state index in [2.05, 4.69) is 22.9 Å². The number of carboxylic acids is 1. The van der Waals surface area contributed by atoms with Gasteiger partial charge in [-0.05, 0) is 34.8 Å². The van der Waals surface area contributed by atoms with Crippen molar-refractivity contribution in [3.05, 3.63) is 22.4 Å². The van der Waals surface area contributed by atoms with E-state index in [9.17, 15) is 9.59 Å². The van der Waals surface area contributed by atoms with E-state index >= 15 is 0 Å². The average molecular weight is 329 g/mol. The molecule has 1 aliphatic rings. The number of amides is 1. The Kier molecular flexibility index (Phi) is 4.29. The van der Waals surface area contributed by atoms with Crippen molar-refractivity contribution in [1.82, 2.24) is 9.47 Å². The van der Waals surface area contributed by atoms with Crippen molar-refractivity contribution in [2.75, 3.05) is 13.1 Å². The molecule has 1 aromatic rings. The summed E-state index contributed by atoms with van der Waals surface area (Å²) in [6, 6.07) is 1.80. The zero-order valence-electron chi connectivity index (χ0n) is 10.8. The van der Waals surface area contributed by atoms with Crippen LogP contribution in [-0.2, 0) is 11.3 Å². The van der Waals surface area contributed by atoms with Crippen molar-refractivity contribution in [2.24, 2.45) is 5.92 Å². The number of likely N-dealkylation sites (tertiary alicyclic amines) is 1. The Morgan fingerprint density at radius 3 is 2.84 bits per heavy atom. The van der Waals surface area contributed by atoms with Gasteiger partial charge in [-0.3, -0.25) is 9.59 Å². The number of nitrogens with zero attached hydrogens (tertiary/aromatic N) is 2. The van der Waals surface area contributed by atoms with E-state index in [1.165, 1.54) is 0 Å². The van der Waals surface area contributed by atoms with Gasteiger partial charge in [0.05, 0.1) is 5.92 Å². The molecule has 0 spiro atoms. The molecule has 0 bridgehead atoms. The fourth-order valence-electron chi connectivity index (χ4n) is 2.39. The number of carboxylic acid groups (broad SMARTS) is 1. The normalized spacial score (nSPS) is 18.8. The first kappa shape index (κ1) is 14.1. The highest BCUT2D eigenvalue weighted by Gasteiger charge is 2.32. The third kappa shape index (κ3) is 3.00. The molecule has 2 rings (SSSR count). The summed E-state index contributed by atoms with van der Waals surface area (Å²) in [7, 11) is 0. The fourth-order valence-corrected chi connectivity index (χ4v) is 2.85. The van der Waals surface area contributed by atoms with Crippen LogP contribution in [0.5, 0.6) is 0 Å². The summed E-state index contributed by atoms with van der Waals surface area (Å²) in [5.74, 6) is -1.33. The van der Waals surface area contributed by atoms with Crippen molar-refractivity contribution in [3.8, 4) is 0 Å². The quantitative estimate of drug-likeness (QED) is 0.921. The summed E-state index contributed by atoms with van der Waals surface area (Å²) in [6.07, 6.45) is 3.37. The molecule has 0 aliphatic carbocycles. The number of rotatable bonds is 4. The molecule has 2 heterocycles. The molecule has 1 amide bonds. The Morgan fingerprint density at radius 1 is 1.53 bits per heavy atom. The molecule has 1 aliphatic heterocycles. The van der Waals surface area contributed by atoms with Crippen LogP contribution in [0.4, 0.5) is 0 Å². The van der Waals surface area contributed by atoms with E-state index in [1.807, 2.05) is 10.8 Å². The Bertz CT molecular complexity index is 498. The predicted octanol–water partition coefficient (Wildman–Crippen LogP) is 2.21. The number of hydrogen-bond acceptors (Lipinski definition) is 2. The molecule has 6 heteroatoms. The van der Waals surface area contributed by atoms with Crippen LogP contribution >= 0.6 is 15.9 Å². The van der Waals surface area contributed by atoms with Gasteiger partial charge in [0.1, 0.15) is 5.69 Å². The van der Waals surface area contributed by atoms with Crippen LogP contribution in [0.1, 0.15) is 30.3 Å². The van der Waals surface area contributed by atoms with Gasteiger partial charge in [0.15, 0.2) is 0 Å². The van der Waals surface area contributed by atoms with Crippen molar-refractivity contribution in [1.29, 1.82) is 0 Å². The molecule has 1 atom stereocenters. The van der Waals surface area contributed by atoms with E-state index in [1.54, 1.807) is 11.0 Å². The number of aliphatic carboxylic acids is 1. The number of carbonyl (C=O) groups is 2. The number of aromatic nitrogens is 1. The highest BCUT2D eigenvalue weighted by molar-refractivity contribution is 9.10. The van der Waals surface area contributed by atoms with Crippen LogP contribution in [0.25, 0.3) is 0 Å². The second-order valence-corrected chi connectivity index (χ2v) is 5.73. The average Bonchev–Trinajstić information content (AvgIpc) is 2.95. The Morgan fingerprint density at radius 2 is 2.26 bits per heavy atom. The van der Waals surface area contributed by atoms with Crippen molar-refractivity contribution >= 4 is 27.8 Å². The van der Waals surface area contributed by atoms with Gasteiger partial charge in [-0.15, -0.1) is 0 Å². The standard InChI is InChI=1S/C13H17BrN2O3/c1-2-4-15-8-10(14)6-11(15)12(17)16-5-3-9(7-16)13(18)19/h6,8-9H,2-5,7H2,1H3,(H,18,19). The summed E-state index contributed by atoms with van der Waals surface area (Å²) >= 11 is 3.38. The number of carbonyl (C=O) groups excluding carboxylic acids is 1. The van der Waals surface area contributed by atoms with Gasteiger partial charge in [0.2, 0.25) is 0 Å². The number of aryl methyl sites for hydroxylation is 1. The van der Waals surface area contributed by atoms with Gasteiger partial charge in [-0.1, -0.05) is 6.92 Å². The Labute approximate surface area is 120 Å². The van der Waals surface area contributed by atoms with Crippen LogP contribution in [0.3, 0.4) is 0 Å². The summed E-state index contributed by atoms with van der Waals surface area (Å²) in [4.78, 5) is 25.0. The van der Waals surface area contributed by atoms with Crippen LogP contribution in [0.2, 0.25) is 0 Å². The predicted molar refractivity (Wildman–Crippen MR) is 74.1 cm³/mol. The maximum absolute atomic E-state index is 12.4. The smallest absolute Gasteiger partial charge is 0.308 e.